The molecule has 34 heavy (non-hydrogen) atoms. The van der Waals surface area contributed by atoms with Gasteiger partial charge in [0, 0.05) is 31.5 Å². The van der Waals surface area contributed by atoms with Crippen LogP contribution in [0.25, 0.3) is 0 Å². The number of nitrogens with one attached hydrogen (secondary N) is 1. The van der Waals surface area contributed by atoms with Gasteiger partial charge in [0.15, 0.2) is 5.56 Å². The van der Waals surface area contributed by atoms with E-state index >= 15 is 0 Å². The topological polar surface area (TPSA) is 102 Å². The molecule has 1 aromatic carbocycles. The van der Waals surface area contributed by atoms with Gasteiger partial charge in [0.25, 0.3) is 0 Å². The highest BCUT2D eigenvalue weighted by atomic mass is 35.5. The minimum absolute atomic E-state index is 0.302. The van der Waals surface area contributed by atoms with Crippen LogP contribution in [-0.4, -0.2) is 40.1 Å². The van der Waals surface area contributed by atoms with E-state index in [0.29, 0.717) is 23.7 Å². The molecule has 10 heteroatoms. The summed E-state index contributed by atoms with van der Waals surface area (Å²) in [5.41, 5.74) is 1.18. The zero-order chi connectivity index (χ0) is 25.1. The summed E-state index contributed by atoms with van der Waals surface area (Å²) < 4.78 is 10.9. The number of ether oxygens (including phenoxy) is 2. The molecule has 0 heterocycles. The summed E-state index contributed by atoms with van der Waals surface area (Å²) in [6.45, 7) is 2.36. The van der Waals surface area contributed by atoms with Crippen molar-refractivity contribution in [3.8, 4) is 0 Å². The fourth-order valence-corrected chi connectivity index (χ4v) is 4.19. The van der Waals surface area contributed by atoms with Crippen LogP contribution in [0.5, 0.6) is 0 Å². The first-order chi connectivity index (χ1) is 16.2. The van der Waals surface area contributed by atoms with Gasteiger partial charge in [0.05, 0.1) is 0 Å². The van der Waals surface area contributed by atoms with E-state index in [2.05, 4.69) is 12.1 Å². The third-order valence-corrected chi connectivity index (χ3v) is 6.18. The Hall–Kier alpha value is -2.58. The average Bonchev–Trinajstić information content (AvgIpc) is 2.78. The molecular weight excluding hydrogens is 483 g/mol. The molecule has 0 spiro atoms. The van der Waals surface area contributed by atoms with Gasteiger partial charge in [-0.15, -0.1) is 0 Å². The predicted molar refractivity (Wildman–Crippen MR) is 128 cm³/mol. The van der Waals surface area contributed by atoms with Gasteiger partial charge in [0.1, 0.15) is 6.10 Å². The van der Waals surface area contributed by atoms with E-state index in [4.69, 9.17) is 32.9 Å². The molecule has 186 valence electrons. The summed E-state index contributed by atoms with van der Waals surface area (Å²) in [4.78, 5) is 46.2. The molecule has 0 bridgehead atoms. The zero-order valence-electron chi connectivity index (χ0n) is 19.3. The predicted octanol–water partition coefficient (Wildman–Crippen LogP) is 5.47. The van der Waals surface area contributed by atoms with Crippen LogP contribution in [0.3, 0.4) is 0 Å². The Kier molecular flexibility index (Phi) is 11.4. The number of halogens is 2. The minimum atomic E-state index is -0.992. The quantitative estimate of drug-likeness (QED) is 0.203. The van der Waals surface area contributed by atoms with E-state index in [1.54, 1.807) is 6.08 Å². The normalized spacial score (nSPS) is 18.3. The molecule has 2 rings (SSSR count). The number of alkyl carbamates (subject to hydrolysis) is 1. The number of benzene rings is 1. The third-order valence-electron chi connectivity index (χ3n) is 5.42. The highest BCUT2D eigenvalue weighted by Crippen LogP contribution is 2.35. The maximum Gasteiger partial charge on any atom is 0.432 e. The van der Waals surface area contributed by atoms with E-state index in [1.165, 1.54) is 12.5 Å². The molecule has 1 N–H and O–H groups in total. The van der Waals surface area contributed by atoms with Crippen LogP contribution in [0.4, 0.5) is 9.59 Å². The fraction of sp³-hybridized carbons (Fsp3) is 0.500. The average molecular weight is 513 g/mol. The van der Waals surface area contributed by atoms with Gasteiger partial charge in [-0.05, 0) is 50.2 Å². The number of unbranched alkanes of at least 4 members (excludes halogenated alkanes) is 2. The van der Waals surface area contributed by atoms with Crippen LogP contribution in [0.15, 0.2) is 42.0 Å². The van der Waals surface area contributed by atoms with E-state index < -0.39 is 35.7 Å². The standard InChI is InChI=1S/C24H30Cl2N2O6/c1-16(29)27-23(31)34-22(25)21-14-13-20(33-24(32)28(26)17(2)30)15-19(21)12-8-4-7-11-18-9-5-3-6-10-18/h3,5-6,9-10,15,20-22H,4,7-8,11-14H2,1-2H3,(H,27,29,31)/t20-,21+,22?/m1/s1. The third kappa shape index (κ3) is 9.35. The van der Waals surface area contributed by atoms with E-state index in [9.17, 15) is 19.2 Å². The highest BCUT2D eigenvalue weighted by molar-refractivity contribution is 6.28. The second kappa shape index (κ2) is 14.0. The Bertz CT molecular complexity index is 893. The van der Waals surface area contributed by atoms with Crippen molar-refractivity contribution in [2.75, 3.05) is 0 Å². The largest absolute Gasteiger partial charge is 0.441 e. The van der Waals surface area contributed by atoms with Gasteiger partial charge < -0.3 is 9.47 Å². The van der Waals surface area contributed by atoms with Crippen molar-refractivity contribution in [1.29, 1.82) is 0 Å². The van der Waals surface area contributed by atoms with Crippen molar-refractivity contribution in [1.82, 2.24) is 9.74 Å². The molecule has 0 saturated heterocycles. The minimum Gasteiger partial charge on any atom is -0.441 e. The fourth-order valence-electron chi connectivity index (χ4n) is 3.78. The molecule has 0 radical (unpaired) electrons. The van der Waals surface area contributed by atoms with Gasteiger partial charge >= 0.3 is 12.2 Å². The lowest BCUT2D eigenvalue weighted by Gasteiger charge is -2.31. The highest BCUT2D eigenvalue weighted by Gasteiger charge is 2.33. The summed E-state index contributed by atoms with van der Waals surface area (Å²) in [5, 5.41) is 2.04. The Labute approximate surface area is 209 Å². The van der Waals surface area contributed by atoms with Crippen LogP contribution in [-0.2, 0) is 25.5 Å². The molecule has 1 aliphatic carbocycles. The second-order valence-electron chi connectivity index (χ2n) is 8.13. The lowest BCUT2D eigenvalue weighted by Crippen LogP contribution is -2.36. The van der Waals surface area contributed by atoms with Crippen LogP contribution in [0.2, 0.25) is 0 Å². The number of carbonyl (C=O) groups excluding carboxylic acids is 4. The van der Waals surface area contributed by atoms with Gasteiger partial charge in [-0.2, -0.15) is 4.42 Å². The molecule has 1 aromatic rings. The summed E-state index contributed by atoms with van der Waals surface area (Å²) >= 11 is 12.0. The summed E-state index contributed by atoms with van der Waals surface area (Å²) in [6.07, 6.45) is 4.75. The first-order valence-corrected chi connectivity index (χ1v) is 12.0. The molecule has 0 aliphatic heterocycles. The number of amides is 4. The molecule has 0 fully saturated rings. The van der Waals surface area contributed by atoms with Crippen LogP contribution < -0.4 is 5.32 Å². The van der Waals surface area contributed by atoms with E-state index in [-0.39, 0.29) is 5.92 Å². The Balaban J connectivity index is 2.00. The van der Waals surface area contributed by atoms with E-state index in [1.807, 2.05) is 23.5 Å². The van der Waals surface area contributed by atoms with Gasteiger partial charge in [-0.1, -0.05) is 53.9 Å². The molecule has 0 saturated carbocycles. The molecule has 1 unspecified atom stereocenters. The Morgan fingerprint density at radius 2 is 1.74 bits per heavy atom. The van der Waals surface area contributed by atoms with Crippen molar-refractivity contribution >= 4 is 47.4 Å². The number of hydrogen-bond donors (Lipinski definition) is 1. The van der Waals surface area contributed by atoms with Gasteiger partial charge in [-0.25, -0.2) is 9.59 Å². The van der Waals surface area contributed by atoms with Crippen molar-refractivity contribution in [3.63, 3.8) is 0 Å². The first-order valence-electron chi connectivity index (χ1n) is 11.2. The van der Waals surface area contributed by atoms with Crippen molar-refractivity contribution in [2.45, 2.75) is 70.5 Å². The number of aryl methyl sites for hydroxylation is 1. The van der Waals surface area contributed by atoms with Crippen molar-refractivity contribution < 1.29 is 28.7 Å². The summed E-state index contributed by atoms with van der Waals surface area (Å²) in [5.74, 6) is -1.49. The zero-order valence-corrected chi connectivity index (χ0v) is 20.8. The SMILES string of the molecule is CC(=O)NC(=O)OC(Cl)[C@H]1CC[C@@H](OC(=O)N(Cl)C(C)=O)C=C1CCCCCc1ccccc1. The number of alkyl halides is 1. The number of hydrogen-bond acceptors (Lipinski definition) is 6. The molecule has 3 atom stereocenters. The van der Waals surface area contributed by atoms with Crippen LogP contribution >= 0.6 is 23.4 Å². The van der Waals surface area contributed by atoms with Gasteiger partial charge in [-0.3, -0.25) is 14.9 Å². The van der Waals surface area contributed by atoms with Gasteiger partial charge in [0.2, 0.25) is 11.8 Å². The number of imide groups is 2. The maximum absolute atomic E-state index is 12.0. The first kappa shape index (κ1) is 27.7. The summed E-state index contributed by atoms with van der Waals surface area (Å²) in [6, 6.07) is 10.2. The lowest BCUT2D eigenvalue weighted by molar-refractivity contribution is -0.123. The van der Waals surface area contributed by atoms with Crippen LogP contribution in [0, 0.1) is 5.92 Å². The monoisotopic (exact) mass is 512 g/mol. The maximum atomic E-state index is 12.0. The van der Waals surface area contributed by atoms with Crippen LogP contribution in [0.1, 0.15) is 57.9 Å². The van der Waals surface area contributed by atoms with Crippen molar-refractivity contribution in [3.05, 3.63) is 47.5 Å². The molecule has 1 aliphatic rings. The molecule has 8 nitrogen and oxygen atoms in total. The Morgan fingerprint density at radius 1 is 1.06 bits per heavy atom. The van der Waals surface area contributed by atoms with Crippen molar-refractivity contribution in [2.24, 2.45) is 5.92 Å². The van der Waals surface area contributed by atoms with E-state index in [0.717, 1.165) is 38.2 Å². The molecule has 0 aromatic heterocycles. The molecule has 4 amide bonds. The Morgan fingerprint density at radius 3 is 2.38 bits per heavy atom. The number of nitrogens with zero attached hydrogens (tertiary/aromatic N) is 1. The lowest BCUT2D eigenvalue weighted by atomic mass is 9.84. The number of carbonyl (C=O) groups is 4. The molecular formula is C24H30Cl2N2O6. The summed E-state index contributed by atoms with van der Waals surface area (Å²) in [7, 11) is 0. The second-order valence-corrected chi connectivity index (χ2v) is 8.90. The number of rotatable bonds is 9. The smallest absolute Gasteiger partial charge is 0.432 e.